The number of carbonyl (C=O) groups excluding carboxylic acids is 1. The topological polar surface area (TPSA) is 120 Å². The van der Waals surface area contributed by atoms with Crippen LogP contribution in [0.15, 0.2) is 18.2 Å². The van der Waals surface area contributed by atoms with Gasteiger partial charge >= 0.3 is 0 Å². The molecule has 1 saturated heterocycles. The Kier molecular flexibility index (Phi) is 3.92. The number of hydrogen-bond acceptors (Lipinski definition) is 7. The molecule has 24 heavy (non-hydrogen) atoms. The van der Waals surface area contributed by atoms with Crippen molar-refractivity contribution in [3.63, 3.8) is 0 Å². The standard InChI is InChI=1S/C15H18N6O3/c1-9(22)10-5-6-11(13(8-10)21(23)24)20-7-3-4-12(20)14-17-15(16)19(2)18-14/h5-6,8,12H,3-4,7H2,1-2H3,(H2,16,17,18). The number of carbonyl (C=O) groups is 1. The molecule has 0 amide bonds. The van der Waals surface area contributed by atoms with E-state index >= 15 is 0 Å². The fourth-order valence-electron chi connectivity index (χ4n) is 3.01. The van der Waals surface area contributed by atoms with Crippen LogP contribution in [0.5, 0.6) is 0 Å². The van der Waals surface area contributed by atoms with E-state index in [1.807, 2.05) is 4.90 Å². The SMILES string of the molecule is CC(=O)c1ccc(N2CCCC2c2nc(N)n(C)n2)c([N+](=O)[O-])c1. The van der Waals surface area contributed by atoms with Crippen LogP contribution in [0.1, 0.15) is 42.0 Å². The molecule has 0 spiro atoms. The Morgan fingerprint density at radius 2 is 2.21 bits per heavy atom. The molecule has 1 unspecified atom stereocenters. The summed E-state index contributed by atoms with van der Waals surface area (Å²) in [5.41, 5.74) is 6.46. The molecule has 1 aliphatic heterocycles. The van der Waals surface area contributed by atoms with Gasteiger partial charge in [-0.15, -0.1) is 0 Å². The number of aromatic nitrogens is 3. The molecule has 9 heteroatoms. The number of hydrogen-bond donors (Lipinski definition) is 1. The Morgan fingerprint density at radius 1 is 1.46 bits per heavy atom. The highest BCUT2D eigenvalue weighted by Gasteiger charge is 2.33. The van der Waals surface area contributed by atoms with E-state index in [1.54, 1.807) is 19.2 Å². The first-order chi connectivity index (χ1) is 11.4. The molecule has 2 aromatic rings. The molecule has 1 aromatic heterocycles. The lowest BCUT2D eigenvalue weighted by molar-refractivity contribution is -0.384. The number of nitrogens with two attached hydrogens (primary N) is 1. The molecule has 0 radical (unpaired) electrons. The van der Waals surface area contributed by atoms with Gasteiger partial charge in [0.05, 0.1) is 11.0 Å². The van der Waals surface area contributed by atoms with Crippen molar-refractivity contribution >= 4 is 23.1 Å². The van der Waals surface area contributed by atoms with Gasteiger partial charge in [0.2, 0.25) is 5.95 Å². The van der Waals surface area contributed by atoms with Crippen molar-refractivity contribution < 1.29 is 9.72 Å². The Morgan fingerprint density at radius 3 is 2.79 bits per heavy atom. The summed E-state index contributed by atoms with van der Waals surface area (Å²) in [6.07, 6.45) is 1.66. The van der Waals surface area contributed by atoms with E-state index in [-0.39, 0.29) is 17.5 Å². The van der Waals surface area contributed by atoms with Crippen LogP contribution in [-0.4, -0.2) is 32.0 Å². The van der Waals surface area contributed by atoms with E-state index in [0.29, 0.717) is 29.6 Å². The van der Waals surface area contributed by atoms with Crippen molar-refractivity contribution in [2.45, 2.75) is 25.8 Å². The van der Waals surface area contributed by atoms with Gasteiger partial charge in [0.15, 0.2) is 11.6 Å². The quantitative estimate of drug-likeness (QED) is 0.516. The molecule has 2 heterocycles. The zero-order valence-electron chi connectivity index (χ0n) is 13.5. The number of benzene rings is 1. The second-order valence-electron chi connectivity index (χ2n) is 5.82. The summed E-state index contributed by atoms with van der Waals surface area (Å²) < 4.78 is 1.49. The van der Waals surface area contributed by atoms with Crippen LogP contribution in [-0.2, 0) is 7.05 Å². The third-order valence-electron chi connectivity index (χ3n) is 4.25. The summed E-state index contributed by atoms with van der Waals surface area (Å²) in [6.45, 7) is 2.04. The molecular formula is C15H18N6O3. The van der Waals surface area contributed by atoms with Crippen LogP contribution in [0, 0.1) is 10.1 Å². The Labute approximate surface area is 138 Å². The molecule has 0 bridgehead atoms. The van der Waals surface area contributed by atoms with Crippen molar-refractivity contribution in [3.8, 4) is 0 Å². The number of anilines is 2. The molecular weight excluding hydrogens is 312 g/mol. The van der Waals surface area contributed by atoms with Crippen molar-refractivity contribution in [2.24, 2.45) is 7.05 Å². The van der Waals surface area contributed by atoms with E-state index in [9.17, 15) is 14.9 Å². The number of nitrogens with zero attached hydrogens (tertiary/aromatic N) is 5. The lowest BCUT2D eigenvalue weighted by Gasteiger charge is -2.24. The predicted molar refractivity (Wildman–Crippen MR) is 87.8 cm³/mol. The van der Waals surface area contributed by atoms with Gasteiger partial charge in [-0.05, 0) is 31.9 Å². The van der Waals surface area contributed by atoms with E-state index < -0.39 is 4.92 Å². The first-order valence-electron chi connectivity index (χ1n) is 7.61. The van der Waals surface area contributed by atoms with Gasteiger partial charge < -0.3 is 10.6 Å². The lowest BCUT2D eigenvalue weighted by Crippen LogP contribution is -2.24. The van der Waals surface area contributed by atoms with Crippen LogP contribution >= 0.6 is 0 Å². The molecule has 9 nitrogen and oxygen atoms in total. The minimum Gasteiger partial charge on any atom is -0.368 e. The van der Waals surface area contributed by atoms with Crippen LogP contribution in [0.3, 0.4) is 0 Å². The molecule has 3 rings (SSSR count). The Bertz CT molecular complexity index is 796. The van der Waals surface area contributed by atoms with Gasteiger partial charge in [0, 0.05) is 25.2 Å². The molecule has 1 aliphatic rings. The highest BCUT2D eigenvalue weighted by molar-refractivity contribution is 5.95. The molecule has 1 aromatic carbocycles. The number of nitro groups is 1. The highest BCUT2D eigenvalue weighted by Crippen LogP contribution is 2.40. The average molecular weight is 330 g/mol. The summed E-state index contributed by atoms with van der Waals surface area (Å²) in [4.78, 5) is 28.7. The minimum atomic E-state index is -0.461. The second-order valence-corrected chi connectivity index (χ2v) is 5.82. The molecule has 1 fully saturated rings. The predicted octanol–water partition coefficient (Wildman–Crippen LogP) is 1.85. The second kappa shape index (κ2) is 5.91. The van der Waals surface area contributed by atoms with Gasteiger partial charge in [0.25, 0.3) is 5.69 Å². The van der Waals surface area contributed by atoms with Gasteiger partial charge in [-0.2, -0.15) is 10.1 Å². The largest absolute Gasteiger partial charge is 0.368 e. The van der Waals surface area contributed by atoms with Crippen LogP contribution < -0.4 is 10.6 Å². The van der Waals surface area contributed by atoms with E-state index in [2.05, 4.69) is 10.1 Å². The van der Waals surface area contributed by atoms with Crippen molar-refractivity contribution in [1.29, 1.82) is 0 Å². The first-order valence-corrected chi connectivity index (χ1v) is 7.61. The molecule has 0 saturated carbocycles. The molecule has 0 aliphatic carbocycles. The average Bonchev–Trinajstić information content (AvgIpc) is 3.13. The third-order valence-corrected chi connectivity index (χ3v) is 4.25. The smallest absolute Gasteiger partial charge is 0.293 e. The number of aryl methyl sites for hydroxylation is 1. The molecule has 1 atom stereocenters. The monoisotopic (exact) mass is 330 g/mol. The van der Waals surface area contributed by atoms with Crippen LogP contribution in [0.25, 0.3) is 0 Å². The normalized spacial score (nSPS) is 17.2. The van der Waals surface area contributed by atoms with Crippen LogP contribution in [0.4, 0.5) is 17.3 Å². The van der Waals surface area contributed by atoms with Crippen LogP contribution in [0.2, 0.25) is 0 Å². The van der Waals surface area contributed by atoms with Crippen molar-refractivity contribution in [3.05, 3.63) is 39.7 Å². The number of rotatable bonds is 4. The van der Waals surface area contributed by atoms with Crippen molar-refractivity contribution in [1.82, 2.24) is 14.8 Å². The highest BCUT2D eigenvalue weighted by atomic mass is 16.6. The van der Waals surface area contributed by atoms with Crippen molar-refractivity contribution in [2.75, 3.05) is 17.2 Å². The van der Waals surface area contributed by atoms with Gasteiger partial charge in [0.1, 0.15) is 5.69 Å². The summed E-state index contributed by atoms with van der Waals surface area (Å²) in [7, 11) is 1.70. The fourth-order valence-corrected chi connectivity index (χ4v) is 3.01. The summed E-state index contributed by atoms with van der Waals surface area (Å²) in [5, 5.41) is 15.8. The molecule has 2 N–H and O–H groups in total. The van der Waals surface area contributed by atoms with E-state index in [1.165, 1.54) is 17.7 Å². The first kappa shape index (κ1) is 15.9. The van der Waals surface area contributed by atoms with Gasteiger partial charge in [-0.25, -0.2) is 4.68 Å². The number of ketones is 1. The number of Topliss-reactive ketones (excluding diaryl/α,β-unsaturated/α-hetero) is 1. The summed E-state index contributed by atoms with van der Waals surface area (Å²) in [6, 6.07) is 4.39. The maximum atomic E-state index is 11.5. The zero-order valence-corrected chi connectivity index (χ0v) is 13.5. The fraction of sp³-hybridized carbons (Fsp3) is 0.400. The number of nitro benzene ring substituents is 1. The zero-order chi connectivity index (χ0) is 17.4. The van der Waals surface area contributed by atoms with E-state index in [0.717, 1.165) is 12.8 Å². The van der Waals surface area contributed by atoms with Gasteiger partial charge in [-0.3, -0.25) is 14.9 Å². The maximum Gasteiger partial charge on any atom is 0.293 e. The van der Waals surface area contributed by atoms with E-state index in [4.69, 9.17) is 5.73 Å². The number of nitrogen functional groups attached to an aromatic ring is 1. The summed E-state index contributed by atoms with van der Waals surface area (Å²) in [5.74, 6) is 0.650. The Hall–Kier alpha value is -2.97. The lowest BCUT2D eigenvalue weighted by atomic mass is 10.1. The maximum absolute atomic E-state index is 11.5. The Balaban J connectivity index is 2.03. The minimum absolute atomic E-state index is 0.0847. The van der Waals surface area contributed by atoms with Gasteiger partial charge in [-0.1, -0.05) is 0 Å². The molecule has 126 valence electrons. The summed E-state index contributed by atoms with van der Waals surface area (Å²) >= 11 is 0. The third kappa shape index (κ3) is 2.68.